The van der Waals surface area contributed by atoms with Gasteiger partial charge < -0.3 is 5.11 Å². The molecular weight excluding hydrogens is 244 g/mol. The van der Waals surface area contributed by atoms with Crippen molar-refractivity contribution in [2.75, 3.05) is 0 Å². The number of rotatable bonds is 2. The highest BCUT2D eigenvalue weighted by Gasteiger charge is 2.19. The van der Waals surface area contributed by atoms with Crippen LogP contribution in [0.25, 0.3) is 5.82 Å². The zero-order chi connectivity index (χ0) is 12.6. The summed E-state index contributed by atoms with van der Waals surface area (Å²) in [4.78, 5) is 11.2. The van der Waals surface area contributed by atoms with Gasteiger partial charge in [-0.05, 0) is 19.4 Å². The van der Waals surface area contributed by atoms with Gasteiger partial charge in [0.15, 0.2) is 5.82 Å². The van der Waals surface area contributed by atoms with Gasteiger partial charge in [0.1, 0.15) is 5.56 Å². The third kappa shape index (κ3) is 1.99. The van der Waals surface area contributed by atoms with Crippen molar-refractivity contribution in [1.29, 1.82) is 0 Å². The van der Waals surface area contributed by atoms with Crippen molar-refractivity contribution in [3.63, 3.8) is 0 Å². The van der Waals surface area contributed by atoms with Crippen LogP contribution in [0.2, 0.25) is 5.02 Å². The van der Waals surface area contributed by atoms with Crippen LogP contribution in [0.5, 0.6) is 0 Å². The molecule has 0 saturated carbocycles. The van der Waals surface area contributed by atoms with Gasteiger partial charge in [0, 0.05) is 0 Å². The van der Waals surface area contributed by atoms with Gasteiger partial charge in [-0.2, -0.15) is 10.2 Å². The molecule has 0 aromatic carbocycles. The number of aromatic carboxylic acids is 1. The van der Waals surface area contributed by atoms with Crippen LogP contribution in [0.15, 0.2) is 12.4 Å². The van der Waals surface area contributed by atoms with E-state index in [4.69, 9.17) is 11.6 Å². The fraction of sp³-hybridized carbons (Fsp3) is 0.200. The van der Waals surface area contributed by atoms with Gasteiger partial charge in [0.25, 0.3) is 0 Å². The van der Waals surface area contributed by atoms with Crippen molar-refractivity contribution in [2.45, 2.75) is 13.8 Å². The van der Waals surface area contributed by atoms with Gasteiger partial charge >= 0.3 is 5.97 Å². The minimum Gasteiger partial charge on any atom is -0.478 e. The van der Waals surface area contributed by atoms with Crippen molar-refractivity contribution in [1.82, 2.24) is 20.0 Å². The van der Waals surface area contributed by atoms with E-state index in [1.54, 1.807) is 13.8 Å². The molecule has 2 heterocycles. The first-order chi connectivity index (χ1) is 8.00. The summed E-state index contributed by atoms with van der Waals surface area (Å²) in [6.45, 7) is 3.39. The van der Waals surface area contributed by atoms with E-state index in [2.05, 4.69) is 15.3 Å². The molecule has 0 aliphatic rings. The predicted octanol–water partition coefficient (Wildman–Crippen LogP) is 1.63. The molecule has 2 rings (SSSR count). The van der Waals surface area contributed by atoms with Gasteiger partial charge in [-0.3, -0.25) is 0 Å². The van der Waals surface area contributed by atoms with Crippen LogP contribution < -0.4 is 0 Å². The normalized spacial score (nSPS) is 10.5. The smallest absolute Gasteiger partial charge is 0.339 e. The maximum Gasteiger partial charge on any atom is 0.339 e. The van der Waals surface area contributed by atoms with Crippen molar-refractivity contribution in [3.05, 3.63) is 34.2 Å². The Morgan fingerprint density at radius 1 is 1.41 bits per heavy atom. The predicted molar refractivity (Wildman–Crippen MR) is 60.6 cm³/mol. The van der Waals surface area contributed by atoms with Crippen molar-refractivity contribution in [3.8, 4) is 5.82 Å². The summed E-state index contributed by atoms with van der Waals surface area (Å²) < 4.78 is 1.30. The van der Waals surface area contributed by atoms with Gasteiger partial charge in [-0.25, -0.2) is 9.48 Å². The third-order valence-electron chi connectivity index (χ3n) is 2.42. The van der Waals surface area contributed by atoms with E-state index >= 15 is 0 Å². The summed E-state index contributed by atoms with van der Waals surface area (Å²) in [5.41, 5.74) is 1.22. The lowest BCUT2D eigenvalue weighted by Crippen LogP contribution is -2.13. The second kappa shape index (κ2) is 4.14. The topological polar surface area (TPSA) is 80.9 Å². The summed E-state index contributed by atoms with van der Waals surface area (Å²) in [5.74, 6) is -0.908. The molecule has 0 spiro atoms. The van der Waals surface area contributed by atoms with E-state index < -0.39 is 5.97 Å². The Morgan fingerprint density at radius 3 is 2.65 bits per heavy atom. The number of hydrogen-bond acceptors (Lipinski definition) is 4. The first-order valence-corrected chi connectivity index (χ1v) is 5.16. The maximum atomic E-state index is 11.2. The largest absolute Gasteiger partial charge is 0.478 e. The molecule has 88 valence electrons. The number of aromatic nitrogens is 4. The van der Waals surface area contributed by atoms with E-state index in [0.29, 0.717) is 16.3 Å². The van der Waals surface area contributed by atoms with Crippen LogP contribution >= 0.6 is 11.6 Å². The minimum absolute atomic E-state index is 0.0808. The molecule has 2 aromatic rings. The Bertz CT molecular complexity index is 594. The van der Waals surface area contributed by atoms with Gasteiger partial charge in [0.05, 0.1) is 23.1 Å². The molecule has 0 unspecified atom stereocenters. The van der Waals surface area contributed by atoms with Gasteiger partial charge in [0.2, 0.25) is 0 Å². The zero-order valence-electron chi connectivity index (χ0n) is 9.18. The summed E-state index contributed by atoms with van der Waals surface area (Å²) in [6, 6.07) is 0. The zero-order valence-corrected chi connectivity index (χ0v) is 9.93. The molecular formula is C10H9ClN4O2. The number of carboxylic acids is 1. The average molecular weight is 253 g/mol. The molecule has 0 aliphatic carbocycles. The Labute approximate surface area is 102 Å². The lowest BCUT2D eigenvalue weighted by molar-refractivity contribution is 0.0695. The second-order valence-electron chi connectivity index (χ2n) is 3.52. The quantitative estimate of drug-likeness (QED) is 0.879. The SMILES string of the molecule is Cc1nnc(-n2cc(Cl)cn2)c(C(=O)O)c1C. The highest BCUT2D eigenvalue weighted by molar-refractivity contribution is 6.30. The molecule has 0 saturated heterocycles. The van der Waals surface area contributed by atoms with Crippen molar-refractivity contribution >= 4 is 17.6 Å². The van der Waals surface area contributed by atoms with E-state index in [9.17, 15) is 9.90 Å². The average Bonchev–Trinajstić information content (AvgIpc) is 2.68. The van der Waals surface area contributed by atoms with E-state index in [-0.39, 0.29) is 11.4 Å². The number of carbonyl (C=O) groups is 1. The molecule has 17 heavy (non-hydrogen) atoms. The summed E-state index contributed by atoms with van der Waals surface area (Å²) in [7, 11) is 0. The molecule has 0 aliphatic heterocycles. The lowest BCUT2D eigenvalue weighted by atomic mass is 10.1. The van der Waals surface area contributed by atoms with E-state index in [0.717, 1.165) is 0 Å². The fourth-order valence-corrected chi connectivity index (χ4v) is 1.57. The molecule has 6 nitrogen and oxygen atoms in total. The Balaban J connectivity index is 2.70. The lowest BCUT2D eigenvalue weighted by Gasteiger charge is -2.08. The summed E-state index contributed by atoms with van der Waals surface area (Å²) >= 11 is 5.73. The van der Waals surface area contributed by atoms with Crippen LogP contribution in [0, 0.1) is 13.8 Å². The fourth-order valence-electron chi connectivity index (χ4n) is 1.43. The van der Waals surface area contributed by atoms with Gasteiger partial charge in [-0.1, -0.05) is 11.6 Å². The number of hydrogen-bond donors (Lipinski definition) is 1. The first kappa shape index (κ1) is 11.5. The highest BCUT2D eigenvalue weighted by Crippen LogP contribution is 2.18. The van der Waals surface area contributed by atoms with Gasteiger partial charge in [-0.15, -0.1) is 5.10 Å². The van der Waals surface area contributed by atoms with E-state index in [1.165, 1.54) is 17.1 Å². The molecule has 0 bridgehead atoms. The molecule has 1 N–H and O–H groups in total. The number of carboxylic acid groups (broad SMARTS) is 1. The second-order valence-corrected chi connectivity index (χ2v) is 3.95. The van der Waals surface area contributed by atoms with Crippen LogP contribution in [0.1, 0.15) is 21.6 Å². The molecule has 7 heteroatoms. The summed E-state index contributed by atoms with van der Waals surface area (Å²) in [6.07, 6.45) is 2.89. The number of nitrogens with zero attached hydrogens (tertiary/aromatic N) is 4. The standard InChI is InChI=1S/C10H9ClN4O2/c1-5-6(2)13-14-9(8(5)10(16)17)15-4-7(11)3-12-15/h3-4H,1-2H3,(H,16,17). The maximum absolute atomic E-state index is 11.2. The first-order valence-electron chi connectivity index (χ1n) is 4.78. The number of halogens is 1. The highest BCUT2D eigenvalue weighted by atomic mass is 35.5. The third-order valence-corrected chi connectivity index (χ3v) is 2.61. The van der Waals surface area contributed by atoms with Crippen LogP contribution in [-0.4, -0.2) is 31.1 Å². The molecule has 0 amide bonds. The van der Waals surface area contributed by atoms with Crippen molar-refractivity contribution < 1.29 is 9.90 Å². The summed E-state index contributed by atoms with van der Waals surface area (Å²) in [5, 5.41) is 21.3. The number of aryl methyl sites for hydroxylation is 1. The van der Waals surface area contributed by atoms with Crippen LogP contribution in [0.3, 0.4) is 0 Å². The molecule has 0 atom stereocenters. The van der Waals surface area contributed by atoms with E-state index in [1.807, 2.05) is 0 Å². The monoisotopic (exact) mass is 252 g/mol. The minimum atomic E-state index is -1.07. The Morgan fingerprint density at radius 2 is 2.12 bits per heavy atom. The molecule has 0 fully saturated rings. The van der Waals surface area contributed by atoms with Crippen LogP contribution in [0.4, 0.5) is 0 Å². The van der Waals surface area contributed by atoms with Crippen LogP contribution in [-0.2, 0) is 0 Å². The molecule has 0 radical (unpaired) electrons. The van der Waals surface area contributed by atoms with Crippen molar-refractivity contribution in [2.24, 2.45) is 0 Å². The Kier molecular flexibility index (Phi) is 2.81. The molecule has 2 aromatic heterocycles. The Hall–Kier alpha value is -1.95.